The zero-order chi connectivity index (χ0) is 14.7. The third-order valence-electron chi connectivity index (χ3n) is 2.69. The number of nitrogen functional groups attached to an aromatic ring is 1. The Bertz CT molecular complexity index is 698. The molecular weight excluding hydrogens is 281 g/mol. The first kappa shape index (κ1) is 14.0. The molecule has 0 saturated carbocycles. The number of nitrogens with one attached hydrogen (secondary N) is 1. The third kappa shape index (κ3) is 2.76. The monoisotopic (exact) mass is 291 g/mol. The van der Waals surface area contributed by atoms with Crippen LogP contribution in [0.3, 0.4) is 0 Å². The van der Waals surface area contributed by atoms with Gasteiger partial charge in [0.15, 0.2) is 0 Å². The first-order chi connectivity index (χ1) is 9.55. The van der Waals surface area contributed by atoms with Crippen LogP contribution in [0.1, 0.15) is 5.56 Å². The van der Waals surface area contributed by atoms with Crippen LogP contribution in [-0.2, 0) is 0 Å². The van der Waals surface area contributed by atoms with Gasteiger partial charge in [-0.25, -0.2) is 4.39 Å². The molecule has 20 heavy (non-hydrogen) atoms. The summed E-state index contributed by atoms with van der Waals surface area (Å²) < 4.78 is 18.9. The van der Waals surface area contributed by atoms with Crippen molar-refractivity contribution < 1.29 is 9.13 Å². The van der Waals surface area contributed by atoms with E-state index in [2.05, 4.69) is 5.32 Å². The summed E-state index contributed by atoms with van der Waals surface area (Å²) in [7, 11) is 1.44. The lowest BCUT2D eigenvalue weighted by atomic mass is 10.1. The molecule has 6 heteroatoms. The van der Waals surface area contributed by atoms with Crippen molar-refractivity contribution in [2.24, 2.45) is 0 Å². The Labute approximate surface area is 120 Å². The molecule has 0 fully saturated rings. The summed E-state index contributed by atoms with van der Waals surface area (Å²) in [5.74, 6) is -0.207. The number of hydrogen-bond donors (Lipinski definition) is 2. The minimum Gasteiger partial charge on any atom is -0.495 e. The lowest BCUT2D eigenvalue weighted by Crippen LogP contribution is -2.00. The van der Waals surface area contributed by atoms with Crippen LogP contribution in [0.4, 0.5) is 21.5 Å². The second-order valence-corrected chi connectivity index (χ2v) is 4.44. The largest absolute Gasteiger partial charge is 0.495 e. The summed E-state index contributed by atoms with van der Waals surface area (Å²) in [6.07, 6.45) is 0. The predicted octanol–water partition coefficient (Wildman–Crippen LogP) is 3.69. The Morgan fingerprint density at radius 3 is 2.70 bits per heavy atom. The first-order valence-corrected chi connectivity index (χ1v) is 6.02. The summed E-state index contributed by atoms with van der Waals surface area (Å²) in [4.78, 5) is 0. The maximum Gasteiger partial charge on any atom is 0.148 e. The van der Waals surface area contributed by atoms with Crippen molar-refractivity contribution in [3.8, 4) is 11.8 Å². The van der Waals surface area contributed by atoms with Gasteiger partial charge in [0.05, 0.1) is 29.7 Å². The number of anilines is 3. The molecule has 102 valence electrons. The lowest BCUT2D eigenvalue weighted by molar-refractivity contribution is 0.416. The second kappa shape index (κ2) is 5.68. The molecular formula is C14H11ClFN3O. The number of benzene rings is 2. The number of rotatable bonds is 3. The van der Waals surface area contributed by atoms with Crippen molar-refractivity contribution in [1.29, 1.82) is 5.26 Å². The van der Waals surface area contributed by atoms with Crippen LogP contribution in [-0.4, -0.2) is 7.11 Å². The predicted molar refractivity (Wildman–Crippen MR) is 76.8 cm³/mol. The Hall–Kier alpha value is -2.45. The van der Waals surface area contributed by atoms with Crippen molar-refractivity contribution in [3.63, 3.8) is 0 Å². The number of hydrogen-bond acceptors (Lipinski definition) is 4. The highest BCUT2D eigenvalue weighted by Gasteiger charge is 2.11. The Kier molecular flexibility index (Phi) is 3.97. The summed E-state index contributed by atoms with van der Waals surface area (Å²) in [6.45, 7) is 0. The SMILES string of the molecule is COc1cc(Nc2cc(Cl)ccc2C#N)c(F)cc1N. The minimum atomic E-state index is -0.549. The van der Waals surface area contributed by atoms with Crippen LogP contribution in [0.25, 0.3) is 0 Å². The van der Waals surface area contributed by atoms with E-state index in [1.165, 1.54) is 13.2 Å². The topological polar surface area (TPSA) is 71.1 Å². The molecule has 0 aliphatic heterocycles. The highest BCUT2D eigenvalue weighted by molar-refractivity contribution is 6.30. The van der Waals surface area contributed by atoms with Gasteiger partial charge in [-0.1, -0.05) is 11.6 Å². The second-order valence-electron chi connectivity index (χ2n) is 4.00. The van der Waals surface area contributed by atoms with Crippen molar-refractivity contribution in [2.45, 2.75) is 0 Å². The minimum absolute atomic E-state index is 0.148. The van der Waals surface area contributed by atoms with Gasteiger partial charge in [0.25, 0.3) is 0 Å². The van der Waals surface area contributed by atoms with E-state index in [0.717, 1.165) is 6.07 Å². The van der Waals surface area contributed by atoms with E-state index < -0.39 is 5.82 Å². The van der Waals surface area contributed by atoms with E-state index in [1.54, 1.807) is 18.2 Å². The molecule has 0 atom stereocenters. The van der Waals surface area contributed by atoms with Gasteiger partial charge in [0.1, 0.15) is 17.6 Å². The molecule has 0 heterocycles. The van der Waals surface area contributed by atoms with Crippen LogP contribution in [0.15, 0.2) is 30.3 Å². The molecule has 0 spiro atoms. The maximum absolute atomic E-state index is 13.9. The van der Waals surface area contributed by atoms with Crippen molar-refractivity contribution in [1.82, 2.24) is 0 Å². The molecule has 2 rings (SSSR count). The normalized spacial score (nSPS) is 9.90. The molecule has 0 saturated heterocycles. The van der Waals surface area contributed by atoms with E-state index in [1.807, 2.05) is 6.07 Å². The lowest BCUT2D eigenvalue weighted by Gasteiger charge is -2.12. The van der Waals surface area contributed by atoms with Gasteiger partial charge in [0.2, 0.25) is 0 Å². The molecule has 0 aromatic heterocycles. The van der Waals surface area contributed by atoms with Gasteiger partial charge in [-0.3, -0.25) is 0 Å². The fraction of sp³-hybridized carbons (Fsp3) is 0.0714. The molecule has 0 amide bonds. The molecule has 0 aliphatic rings. The maximum atomic E-state index is 13.9. The number of nitriles is 1. The zero-order valence-corrected chi connectivity index (χ0v) is 11.3. The van der Waals surface area contributed by atoms with Gasteiger partial charge >= 0.3 is 0 Å². The number of nitrogens with two attached hydrogens (primary N) is 1. The van der Waals surface area contributed by atoms with Gasteiger partial charge in [-0.2, -0.15) is 5.26 Å². The smallest absolute Gasteiger partial charge is 0.148 e. The molecule has 2 aromatic carbocycles. The molecule has 0 bridgehead atoms. The van der Waals surface area contributed by atoms with Crippen LogP contribution in [0.5, 0.6) is 5.75 Å². The van der Waals surface area contributed by atoms with Crippen molar-refractivity contribution >= 4 is 28.7 Å². The highest BCUT2D eigenvalue weighted by atomic mass is 35.5. The average Bonchev–Trinajstić information content (AvgIpc) is 2.42. The van der Waals surface area contributed by atoms with Crippen LogP contribution in [0.2, 0.25) is 5.02 Å². The van der Waals surface area contributed by atoms with E-state index in [-0.39, 0.29) is 11.4 Å². The molecule has 0 aliphatic carbocycles. The van der Waals surface area contributed by atoms with E-state index in [9.17, 15) is 4.39 Å². The summed E-state index contributed by atoms with van der Waals surface area (Å²) in [5, 5.41) is 12.3. The van der Waals surface area contributed by atoms with E-state index in [4.69, 9.17) is 27.3 Å². The van der Waals surface area contributed by atoms with Gasteiger partial charge in [0, 0.05) is 17.2 Å². The van der Waals surface area contributed by atoms with E-state index >= 15 is 0 Å². The number of ether oxygens (including phenoxy) is 1. The summed E-state index contributed by atoms with van der Waals surface area (Å²) in [6, 6.07) is 9.26. The number of halogens is 2. The Morgan fingerprint density at radius 1 is 1.30 bits per heavy atom. The number of nitrogens with zero attached hydrogens (tertiary/aromatic N) is 1. The number of methoxy groups -OCH3 is 1. The zero-order valence-electron chi connectivity index (χ0n) is 10.6. The molecule has 0 unspecified atom stereocenters. The highest BCUT2D eigenvalue weighted by Crippen LogP contribution is 2.31. The third-order valence-corrected chi connectivity index (χ3v) is 2.93. The van der Waals surface area contributed by atoms with Crippen molar-refractivity contribution in [2.75, 3.05) is 18.2 Å². The Balaban J connectivity index is 2.45. The molecule has 3 N–H and O–H groups in total. The van der Waals surface area contributed by atoms with Gasteiger partial charge < -0.3 is 15.8 Å². The fourth-order valence-corrected chi connectivity index (χ4v) is 1.88. The van der Waals surface area contributed by atoms with Gasteiger partial charge in [-0.05, 0) is 18.2 Å². The van der Waals surface area contributed by atoms with Crippen LogP contribution < -0.4 is 15.8 Å². The molecule has 0 radical (unpaired) electrons. The average molecular weight is 292 g/mol. The summed E-state index contributed by atoms with van der Waals surface area (Å²) >= 11 is 5.88. The quantitative estimate of drug-likeness (QED) is 0.846. The standard InChI is InChI=1S/C14H11ClFN3O/c1-20-14-6-13(10(16)5-11(14)18)19-12-4-9(15)3-2-8(12)7-17/h2-6,19H,18H2,1H3. The molecule has 2 aromatic rings. The van der Waals surface area contributed by atoms with Crippen LogP contribution >= 0.6 is 11.6 Å². The first-order valence-electron chi connectivity index (χ1n) is 5.65. The van der Waals surface area contributed by atoms with E-state index in [0.29, 0.717) is 22.0 Å². The summed E-state index contributed by atoms with van der Waals surface area (Å²) in [5.41, 5.74) is 6.71. The molecule has 4 nitrogen and oxygen atoms in total. The Morgan fingerprint density at radius 2 is 2.05 bits per heavy atom. The van der Waals surface area contributed by atoms with Gasteiger partial charge in [-0.15, -0.1) is 0 Å². The van der Waals surface area contributed by atoms with Crippen molar-refractivity contribution in [3.05, 3.63) is 46.7 Å². The fourth-order valence-electron chi connectivity index (χ4n) is 1.70. The van der Waals surface area contributed by atoms with Crippen LogP contribution in [0, 0.1) is 17.1 Å².